The highest BCUT2D eigenvalue weighted by Crippen LogP contribution is 2.42. The van der Waals surface area contributed by atoms with Crippen molar-refractivity contribution in [2.45, 2.75) is 29.8 Å². The quantitative estimate of drug-likeness (QED) is 0.551. The summed E-state index contributed by atoms with van der Waals surface area (Å²) in [5, 5.41) is 0. The van der Waals surface area contributed by atoms with Gasteiger partial charge in [0.1, 0.15) is 6.10 Å². The highest BCUT2D eigenvalue weighted by Gasteiger charge is 2.46. The molecule has 1 saturated heterocycles. The van der Waals surface area contributed by atoms with Gasteiger partial charge in [-0.25, -0.2) is 8.42 Å². The van der Waals surface area contributed by atoms with E-state index in [1.165, 1.54) is 4.31 Å². The number of aryl methyl sites for hydroxylation is 1. The van der Waals surface area contributed by atoms with Crippen LogP contribution in [0.25, 0.3) is 0 Å². The largest absolute Gasteiger partial charge is 0.463 e. The molecule has 1 heterocycles. The van der Waals surface area contributed by atoms with Gasteiger partial charge in [-0.1, -0.05) is 78.4 Å². The van der Waals surface area contributed by atoms with E-state index >= 15 is 0 Å². The van der Waals surface area contributed by atoms with E-state index in [-0.39, 0.29) is 18.0 Å². The van der Waals surface area contributed by atoms with Gasteiger partial charge < -0.3 is 4.74 Å². The average Bonchev–Trinajstić information content (AvgIpc) is 2.80. The molecule has 3 aromatic carbocycles. The summed E-state index contributed by atoms with van der Waals surface area (Å²) >= 11 is 0. The molecule has 0 saturated carbocycles. The molecule has 31 heavy (non-hydrogen) atoms. The molecule has 4 rings (SSSR count). The summed E-state index contributed by atoms with van der Waals surface area (Å²) in [6.45, 7) is 2.71. The Bertz CT molecular complexity index is 1090. The van der Waals surface area contributed by atoms with Crippen molar-refractivity contribution in [1.82, 2.24) is 4.31 Å². The van der Waals surface area contributed by atoms with Gasteiger partial charge in [-0.2, -0.15) is 4.31 Å². The molecule has 1 atom stereocenters. The van der Waals surface area contributed by atoms with E-state index in [1.54, 1.807) is 24.3 Å². The molecule has 5 nitrogen and oxygen atoms in total. The second-order valence-corrected chi connectivity index (χ2v) is 9.92. The minimum Gasteiger partial charge on any atom is -0.463 e. The third-order valence-corrected chi connectivity index (χ3v) is 7.82. The van der Waals surface area contributed by atoms with Crippen molar-refractivity contribution in [3.05, 3.63) is 102 Å². The second kappa shape index (κ2) is 8.65. The fourth-order valence-corrected chi connectivity index (χ4v) is 5.95. The third-order valence-electron chi connectivity index (χ3n) is 5.99. The maximum atomic E-state index is 13.6. The van der Waals surface area contributed by atoms with Gasteiger partial charge in [0.2, 0.25) is 10.0 Å². The Morgan fingerprint density at radius 1 is 0.903 bits per heavy atom. The zero-order chi connectivity index (χ0) is 21.9. The van der Waals surface area contributed by atoms with Crippen LogP contribution in [0.15, 0.2) is 89.8 Å². The molecular weight excluding hydrogens is 410 g/mol. The van der Waals surface area contributed by atoms with Crippen LogP contribution in [0.2, 0.25) is 0 Å². The molecule has 0 radical (unpaired) electrons. The minimum atomic E-state index is -3.78. The van der Waals surface area contributed by atoms with Crippen molar-refractivity contribution < 1.29 is 17.9 Å². The van der Waals surface area contributed by atoms with Gasteiger partial charge in [0.05, 0.1) is 11.4 Å². The molecule has 160 valence electrons. The molecule has 0 aromatic heterocycles. The second-order valence-electron chi connectivity index (χ2n) is 7.98. The molecule has 1 unspecified atom stereocenters. The van der Waals surface area contributed by atoms with Crippen LogP contribution >= 0.6 is 0 Å². The van der Waals surface area contributed by atoms with E-state index in [0.29, 0.717) is 12.9 Å². The van der Waals surface area contributed by atoms with Crippen LogP contribution in [-0.2, 0) is 25.0 Å². The highest BCUT2D eigenvalue weighted by atomic mass is 32.2. The number of sulfonamides is 1. The fraction of sp³-hybridized carbons (Fsp3) is 0.240. The summed E-state index contributed by atoms with van der Waals surface area (Å²) in [5.74, 6) is 0. The molecule has 1 aliphatic rings. The van der Waals surface area contributed by atoms with Crippen LogP contribution < -0.4 is 0 Å². The van der Waals surface area contributed by atoms with Crippen LogP contribution in [0.1, 0.15) is 23.1 Å². The first-order valence-electron chi connectivity index (χ1n) is 10.2. The lowest BCUT2D eigenvalue weighted by atomic mass is 9.69. The first-order chi connectivity index (χ1) is 15.0. The molecule has 1 aliphatic heterocycles. The number of ether oxygens (including phenoxy) is 1. The standard InChI is InChI=1S/C25H25NO4S/c1-20-12-14-24(15-13-20)31(28,29)26-17-23(30-19-27)16-25(18-26,21-8-4-2-5-9-21)22-10-6-3-7-11-22/h2-15,19,23H,16-18H2,1H3. The van der Waals surface area contributed by atoms with Crippen molar-refractivity contribution in [1.29, 1.82) is 0 Å². The SMILES string of the molecule is Cc1ccc(S(=O)(=O)N2CC(OC=O)CC(c3ccccc3)(c3ccccc3)C2)cc1. The fourth-order valence-electron chi connectivity index (χ4n) is 4.42. The summed E-state index contributed by atoms with van der Waals surface area (Å²) in [5.41, 5.74) is 2.32. The molecular formula is C25H25NO4S. The van der Waals surface area contributed by atoms with E-state index in [1.807, 2.05) is 67.6 Å². The molecule has 6 heteroatoms. The third kappa shape index (κ3) is 4.13. The summed E-state index contributed by atoms with van der Waals surface area (Å²) in [6.07, 6.45) is -0.0634. The zero-order valence-corrected chi connectivity index (χ0v) is 18.2. The van der Waals surface area contributed by atoms with Gasteiger partial charge in [0, 0.05) is 18.4 Å². The molecule has 0 N–H and O–H groups in total. The Labute approximate surface area is 183 Å². The van der Waals surface area contributed by atoms with Crippen LogP contribution in [0.3, 0.4) is 0 Å². The average molecular weight is 436 g/mol. The maximum absolute atomic E-state index is 13.6. The van der Waals surface area contributed by atoms with E-state index < -0.39 is 21.5 Å². The van der Waals surface area contributed by atoms with Crippen LogP contribution in [0.4, 0.5) is 0 Å². The Balaban J connectivity index is 1.85. The number of hydrogen-bond donors (Lipinski definition) is 0. The number of carbonyl (C=O) groups is 1. The first-order valence-corrected chi connectivity index (χ1v) is 11.7. The van der Waals surface area contributed by atoms with Gasteiger partial charge in [-0.05, 0) is 30.2 Å². The Morgan fingerprint density at radius 2 is 1.45 bits per heavy atom. The summed E-state index contributed by atoms with van der Waals surface area (Å²) in [4.78, 5) is 11.5. The summed E-state index contributed by atoms with van der Waals surface area (Å²) in [6, 6.07) is 26.5. The van der Waals surface area contributed by atoms with Gasteiger partial charge in [-0.3, -0.25) is 4.79 Å². The lowest BCUT2D eigenvalue weighted by Gasteiger charge is -2.45. The van der Waals surface area contributed by atoms with Gasteiger partial charge in [0.15, 0.2) is 0 Å². The van der Waals surface area contributed by atoms with E-state index in [9.17, 15) is 13.2 Å². The number of nitrogens with zero attached hydrogens (tertiary/aromatic N) is 1. The number of rotatable bonds is 6. The highest BCUT2D eigenvalue weighted by molar-refractivity contribution is 7.89. The first kappa shape index (κ1) is 21.3. The normalized spacial score (nSPS) is 18.9. The monoisotopic (exact) mass is 435 g/mol. The van der Waals surface area contributed by atoms with E-state index in [0.717, 1.165) is 16.7 Å². The van der Waals surface area contributed by atoms with Crippen molar-refractivity contribution in [3.63, 3.8) is 0 Å². The van der Waals surface area contributed by atoms with Gasteiger partial charge in [0.25, 0.3) is 6.47 Å². The van der Waals surface area contributed by atoms with E-state index in [2.05, 4.69) is 0 Å². The predicted octanol–water partition coefficient (Wildman–Crippen LogP) is 3.92. The number of hydrogen-bond acceptors (Lipinski definition) is 4. The molecule has 3 aromatic rings. The van der Waals surface area contributed by atoms with Crippen molar-refractivity contribution in [2.24, 2.45) is 0 Å². The van der Waals surface area contributed by atoms with Crippen molar-refractivity contribution in [3.8, 4) is 0 Å². The van der Waals surface area contributed by atoms with Gasteiger partial charge in [-0.15, -0.1) is 0 Å². The summed E-state index contributed by atoms with van der Waals surface area (Å²) < 4.78 is 34.0. The number of piperidine rings is 1. The number of carbonyl (C=O) groups excluding carboxylic acids is 1. The van der Waals surface area contributed by atoms with Gasteiger partial charge >= 0.3 is 0 Å². The lowest BCUT2D eigenvalue weighted by Crippen LogP contribution is -2.54. The van der Waals surface area contributed by atoms with Crippen molar-refractivity contribution in [2.75, 3.05) is 13.1 Å². The topological polar surface area (TPSA) is 63.7 Å². The Hall–Kier alpha value is -2.96. The Morgan fingerprint density at radius 3 is 1.97 bits per heavy atom. The summed E-state index contributed by atoms with van der Waals surface area (Å²) in [7, 11) is -3.78. The molecule has 0 spiro atoms. The van der Waals surface area contributed by atoms with Crippen molar-refractivity contribution >= 4 is 16.5 Å². The lowest BCUT2D eigenvalue weighted by molar-refractivity contribution is -0.136. The van der Waals surface area contributed by atoms with E-state index in [4.69, 9.17) is 4.74 Å². The molecule has 0 amide bonds. The number of benzene rings is 3. The molecule has 1 fully saturated rings. The van der Waals surface area contributed by atoms with Crippen LogP contribution in [-0.4, -0.2) is 38.4 Å². The van der Waals surface area contributed by atoms with Crippen LogP contribution in [0.5, 0.6) is 0 Å². The minimum absolute atomic E-state index is 0.121. The molecule has 0 aliphatic carbocycles. The smallest absolute Gasteiger partial charge is 0.293 e. The molecule has 0 bridgehead atoms. The maximum Gasteiger partial charge on any atom is 0.293 e. The van der Waals surface area contributed by atoms with Crippen LogP contribution in [0, 0.1) is 6.92 Å². The Kier molecular flexibility index (Phi) is 5.94. The predicted molar refractivity (Wildman–Crippen MR) is 119 cm³/mol. The zero-order valence-electron chi connectivity index (χ0n) is 17.3.